The van der Waals surface area contributed by atoms with Gasteiger partial charge in [0, 0.05) is 11.4 Å². The van der Waals surface area contributed by atoms with Gasteiger partial charge in [-0.15, -0.1) is 0 Å². The lowest BCUT2D eigenvalue weighted by molar-refractivity contribution is -0.143. The van der Waals surface area contributed by atoms with E-state index < -0.39 is 12.0 Å². The number of aliphatic carboxylic acids is 1. The van der Waals surface area contributed by atoms with Crippen LogP contribution in [0.1, 0.15) is 32.3 Å². The lowest BCUT2D eigenvalue weighted by Crippen LogP contribution is -2.45. The van der Waals surface area contributed by atoms with E-state index in [0.29, 0.717) is 17.9 Å². The summed E-state index contributed by atoms with van der Waals surface area (Å²) < 4.78 is 0. The van der Waals surface area contributed by atoms with Crippen LogP contribution in [-0.4, -0.2) is 23.0 Å². The second kappa shape index (κ2) is 7.90. The van der Waals surface area contributed by atoms with E-state index in [1.165, 1.54) is 0 Å². The van der Waals surface area contributed by atoms with Crippen molar-refractivity contribution in [3.8, 4) is 0 Å². The van der Waals surface area contributed by atoms with E-state index in [-0.39, 0.29) is 18.2 Å². The molecule has 1 rings (SSSR count). The van der Waals surface area contributed by atoms with Crippen molar-refractivity contribution in [2.45, 2.75) is 39.2 Å². The first kappa shape index (κ1) is 16.5. The predicted molar refractivity (Wildman–Crippen MR) is 78.8 cm³/mol. The van der Waals surface area contributed by atoms with Gasteiger partial charge in [0.05, 0.1) is 0 Å². The molecule has 0 heterocycles. The Morgan fingerprint density at radius 1 is 1.30 bits per heavy atom. The highest BCUT2D eigenvalue weighted by Crippen LogP contribution is 2.12. The topological polar surface area (TPSA) is 66.4 Å². The maximum atomic E-state index is 11.8. The smallest absolute Gasteiger partial charge is 0.326 e. The second-order valence-corrected chi connectivity index (χ2v) is 5.33. The molecule has 0 spiro atoms. The highest BCUT2D eigenvalue weighted by Gasteiger charge is 2.24. The van der Waals surface area contributed by atoms with Crippen LogP contribution in [0.4, 0.5) is 0 Å². The molecule has 4 nitrogen and oxygen atoms in total. The van der Waals surface area contributed by atoms with Gasteiger partial charge in [0.25, 0.3) is 0 Å². The normalized spacial score (nSPS) is 13.6. The Labute approximate surface area is 124 Å². The first-order valence-electron chi connectivity index (χ1n) is 6.70. The zero-order valence-electron chi connectivity index (χ0n) is 11.7. The van der Waals surface area contributed by atoms with Crippen LogP contribution < -0.4 is 5.32 Å². The summed E-state index contributed by atoms with van der Waals surface area (Å²) in [6.07, 6.45) is 1.53. The first-order valence-corrected chi connectivity index (χ1v) is 7.08. The molecule has 0 saturated carbocycles. The SMILES string of the molecule is CCC(C)C(NC(=O)CCc1ccc(Cl)cc1)C(=O)O. The fourth-order valence-electron chi connectivity index (χ4n) is 1.84. The maximum absolute atomic E-state index is 11.8. The Kier molecular flexibility index (Phi) is 6.52. The molecule has 1 amide bonds. The molecule has 2 N–H and O–H groups in total. The van der Waals surface area contributed by atoms with Crippen LogP contribution in [0.25, 0.3) is 0 Å². The molecular formula is C15H20ClNO3. The number of carboxylic acid groups (broad SMARTS) is 1. The van der Waals surface area contributed by atoms with Gasteiger partial charge in [-0.1, -0.05) is 44.0 Å². The van der Waals surface area contributed by atoms with Crippen molar-refractivity contribution in [1.29, 1.82) is 0 Å². The monoisotopic (exact) mass is 297 g/mol. The van der Waals surface area contributed by atoms with Crippen LogP contribution >= 0.6 is 11.6 Å². The number of amides is 1. The van der Waals surface area contributed by atoms with E-state index in [1.54, 1.807) is 12.1 Å². The molecule has 1 aromatic carbocycles. The van der Waals surface area contributed by atoms with Crippen LogP contribution in [0.3, 0.4) is 0 Å². The number of carbonyl (C=O) groups excluding carboxylic acids is 1. The fourth-order valence-corrected chi connectivity index (χ4v) is 1.96. The van der Waals surface area contributed by atoms with Crippen LogP contribution in [0.15, 0.2) is 24.3 Å². The van der Waals surface area contributed by atoms with Crippen LogP contribution in [0, 0.1) is 5.92 Å². The highest BCUT2D eigenvalue weighted by molar-refractivity contribution is 6.30. The summed E-state index contributed by atoms with van der Waals surface area (Å²) in [5, 5.41) is 12.3. The summed E-state index contributed by atoms with van der Waals surface area (Å²) in [5.41, 5.74) is 1.000. The van der Waals surface area contributed by atoms with Crippen molar-refractivity contribution in [2.75, 3.05) is 0 Å². The molecule has 0 aliphatic carbocycles. The fraction of sp³-hybridized carbons (Fsp3) is 0.467. The largest absolute Gasteiger partial charge is 0.480 e. The van der Waals surface area contributed by atoms with Gasteiger partial charge in [0.2, 0.25) is 5.91 Å². The van der Waals surface area contributed by atoms with Crippen molar-refractivity contribution in [2.24, 2.45) is 5.92 Å². The minimum atomic E-state index is -0.987. The van der Waals surface area contributed by atoms with Crippen LogP contribution in [0.5, 0.6) is 0 Å². The molecule has 2 unspecified atom stereocenters. The molecule has 0 aromatic heterocycles. The van der Waals surface area contributed by atoms with Gasteiger partial charge in [0.1, 0.15) is 6.04 Å². The van der Waals surface area contributed by atoms with Gasteiger partial charge in [0.15, 0.2) is 0 Å². The van der Waals surface area contributed by atoms with Gasteiger partial charge in [-0.05, 0) is 30.0 Å². The molecule has 0 aliphatic heterocycles. The number of nitrogens with one attached hydrogen (secondary N) is 1. The molecule has 0 saturated heterocycles. The molecule has 0 bridgehead atoms. The number of benzene rings is 1. The Morgan fingerprint density at radius 3 is 2.40 bits per heavy atom. The van der Waals surface area contributed by atoms with Crippen molar-refractivity contribution in [3.63, 3.8) is 0 Å². The van der Waals surface area contributed by atoms with Crippen molar-refractivity contribution < 1.29 is 14.7 Å². The van der Waals surface area contributed by atoms with E-state index in [0.717, 1.165) is 5.56 Å². The van der Waals surface area contributed by atoms with Crippen molar-refractivity contribution in [1.82, 2.24) is 5.32 Å². The Hall–Kier alpha value is -1.55. The zero-order valence-corrected chi connectivity index (χ0v) is 12.5. The average Bonchev–Trinajstić information content (AvgIpc) is 2.43. The van der Waals surface area contributed by atoms with Crippen molar-refractivity contribution in [3.05, 3.63) is 34.9 Å². The number of aryl methyl sites for hydroxylation is 1. The van der Waals surface area contributed by atoms with E-state index in [4.69, 9.17) is 16.7 Å². The minimum absolute atomic E-state index is 0.0908. The third kappa shape index (κ3) is 5.21. The van der Waals surface area contributed by atoms with Gasteiger partial charge < -0.3 is 10.4 Å². The van der Waals surface area contributed by atoms with E-state index >= 15 is 0 Å². The molecule has 1 aromatic rings. The highest BCUT2D eigenvalue weighted by atomic mass is 35.5. The number of halogens is 1. The molecule has 2 atom stereocenters. The second-order valence-electron chi connectivity index (χ2n) is 4.90. The summed E-state index contributed by atoms with van der Waals surface area (Å²) in [6.45, 7) is 3.72. The summed E-state index contributed by atoms with van der Waals surface area (Å²) >= 11 is 5.78. The lowest BCUT2D eigenvalue weighted by Gasteiger charge is -2.20. The predicted octanol–water partition coefficient (Wildman–Crippen LogP) is 2.89. The van der Waals surface area contributed by atoms with Gasteiger partial charge in [-0.25, -0.2) is 4.79 Å². The standard InChI is InChI=1S/C15H20ClNO3/c1-3-10(2)14(15(19)20)17-13(18)9-6-11-4-7-12(16)8-5-11/h4-5,7-8,10,14H,3,6,9H2,1-2H3,(H,17,18)(H,19,20). The van der Waals surface area contributed by atoms with E-state index in [9.17, 15) is 9.59 Å². The Morgan fingerprint density at radius 2 is 1.90 bits per heavy atom. The zero-order chi connectivity index (χ0) is 15.1. The van der Waals surface area contributed by atoms with Crippen molar-refractivity contribution >= 4 is 23.5 Å². The molecule has 0 fully saturated rings. The Balaban J connectivity index is 2.49. The lowest BCUT2D eigenvalue weighted by atomic mass is 9.99. The number of carbonyl (C=O) groups is 2. The summed E-state index contributed by atoms with van der Waals surface area (Å²) in [5.74, 6) is -1.32. The van der Waals surface area contributed by atoms with Gasteiger partial charge in [-0.3, -0.25) is 4.79 Å². The first-order chi connectivity index (χ1) is 9.43. The molecule has 110 valence electrons. The third-order valence-corrected chi connectivity index (χ3v) is 3.60. The average molecular weight is 298 g/mol. The quantitative estimate of drug-likeness (QED) is 0.813. The van der Waals surface area contributed by atoms with Gasteiger partial charge >= 0.3 is 5.97 Å². The van der Waals surface area contributed by atoms with E-state index in [1.807, 2.05) is 26.0 Å². The number of hydrogen-bond acceptors (Lipinski definition) is 2. The molecule has 0 radical (unpaired) electrons. The Bertz CT molecular complexity index is 459. The summed E-state index contributed by atoms with van der Waals surface area (Å²) in [4.78, 5) is 22.9. The number of carboxylic acids is 1. The molecule has 0 aliphatic rings. The maximum Gasteiger partial charge on any atom is 0.326 e. The van der Waals surface area contributed by atoms with Crippen LogP contribution in [0.2, 0.25) is 5.02 Å². The van der Waals surface area contributed by atoms with E-state index in [2.05, 4.69) is 5.32 Å². The number of hydrogen-bond donors (Lipinski definition) is 2. The number of rotatable bonds is 7. The summed E-state index contributed by atoms with van der Waals surface area (Å²) in [7, 11) is 0. The minimum Gasteiger partial charge on any atom is -0.480 e. The summed E-state index contributed by atoms with van der Waals surface area (Å²) in [6, 6.07) is 6.44. The van der Waals surface area contributed by atoms with Crippen LogP contribution in [-0.2, 0) is 16.0 Å². The molecule has 5 heteroatoms. The van der Waals surface area contributed by atoms with Gasteiger partial charge in [-0.2, -0.15) is 0 Å². The third-order valence-electron chi connectivity index (χ3n) is 3.35. The molecular weight excluding hydrogens is 278 g/mol. The molecule has 20 heavy (non-hydrogen) atoms.